The molecular formula is C18H16ClN3O2. The van der Waals surface area contributed by atoms with Crippen molar-refractivity contribution in [2.75, 3.05) is 16.8 Å². The maximum atomic E-state index is 12.1. The van der Waals surface area contributed by atoms with Crippen LogP contribution in [0.1, 0.15) is 18.9 Å². The van der Waals surface area contributed by atoms with Gasteiger partial charge in [-0.1, -0.05) is 29.8 Å². The molecule has 2 aromatic rings. The molecule has 6 heteroatoms. The van der Waals surface area contributed by atoms with Crippen molar-refractivity contribution in [2.24, 2.45) is 0 Å². The van der Waals surface area contributed by atoms with Gasteiger partial charge in [0.25, 0.3) is 0 Å². The van der Waals surface area contributed by atoms with E-state index in [-0.39, 0.29) is 24.8 Å². The van der Waals surface area contributed by atoms with E-state index in [1.807, 2.05) is 6.07 Å². The van der Waals surface area contributed by atoms with Crippen LogP contribution < -0.4 is 10.2 Å². The highest BCUT2D eigenvalue weighted by atomic mass is 35.5. The van der Waals surface area contributed by atoms with Crippen LogP contribution in [0.25, 0.3) is 0 Å². The number of nitrogens with zero attached hydrogens (tertiary/aromatic N) is 2. The zero-order valence-electron chi connectivity index (χ0n) is 13.1. The lowest BCUT2D eigenvalue weighted by Crippen LogP contribution is -2.32. The van der Waals surface area contributed by atoms with Crippen molar-refractivity contribution in [3.8, 4) is 6.07 Å². The van der Waals surface area contributed by atoms with E-state index < -0.39 is 0 Å². The maximum Gasteiger partial charge on any atom is 0.226 e. The second-order valence-corrected chi connectivity index (χ2v) is 5.54. The van der Waals surface area contributed by atoms with E-state index in [0.29, 0.717) is 22.0 Å². The molecule has 0 aliphatic rings. The van der Waals surface area contributed by atoms with Crippen LogP contribution in [-0.2, 0) is 9.59 Å². The van der Waals surface area contributed by atoms with Crippen LogP contribution in [0.2, 0.25) is 5.02 Å². The van der Waals surface area contributed by atoms with Crippen molar-refractivity contribution < 1.29 is 9.59 Å². The molecule has 0 unspecified atom stereocenters. The maximum absolute atomic E-state index is 12.1. The highest BCUT2D eigenvalue weighted by Crippen LogP contribution is 2.20. The number of hydrogen-bond donors (Lipinski definition) is 1. The third-order valence-corrected chi connectivity index (χ3v) is 3.62. The predicted octanol–water partition coefficient (Wildman–Crippen LogP) is 3.59. The van der Waals surface area contributed by atoms with Crippen LogP contribution in [-0.4, -0.2) is 18.4 Å². The van der Waals surface area contributed by atoms with Crippen molar-refractivity contribution in [1.29, 1.82) is 5.26 Å². The minimum atomic E-state index is -0.272. The molecule has 122 valence electrons. The monoisotopic (exact) mass is 341 g/mol. The van der Waals surface area contributed by atoms with Gasteiger partial charge in [0.15, 0.2) is 0 Å². The first kappa shape index (κ1) is 17.5. The van der Waals surface area contributed by atoms with Gasteiger partial charge in [0.2, 0.25) is 11.8 Å². The van der Waals surface area contributed by atoms with Crippen LogP contribution in [0.15, 0.2) is 48.5 Å². The van der Waals surface area contributed by atoms with Crippen molar-refractivity contribution in [3.63, 3.8) is 0 Å². The van der Waals surface area contributed by atoms with Gasteiger partial charge in [-0.3, -0.25) is 9.59 Å². The number of nitrogens with one attached hydrogen (secondary N) is 1. The average Bonchev–Trinajstić information content (AvgIpc) is 2.55. The van der Waals surface area contributed by atoms with Crippen molar-refractivity contribution in [1.82, 2.24) is 0 Å². The summed E-state index contributed by atoms with van der Waals surface area (Å²) in [5.41, 5.74) is 1.49. The van der Waals surface area contributed by atoms with Crippen LogP contribution in [0.4, 0.5) is 11.4 Å². The Morgan fingerprint density at radius 2 is 1.96 bits per heavy atom. The van der Waals surface area contributed by atoms with Gasteiger partial charge >= 0.3 is 0 Å². The van der Waals surface area contributed by atoms with Crippen molar-refractivity contribution in [2.45, 2.75) is 13.3 Å². The highest BCUT2D eigenvalue weighted by molar-refractivity contribution is 6.30. The molecule has 0 saturated heterocycles. The number of hydrogen-bond acceptors (Lipinski definition) is 3. The first-order valence-electron chi connectivity index (χ1n) is 7.34. The Labute approximate surface area is 145 Å². The van der Waals surface area contributed by atoms with Gasteiger partial charge < -0.3 is 10.2 Å². The lowest BCUT2D eigenvalue weighted by Gasteiger charge is -2.21. The Hall–Kier alpha value is -2.84. The van der Waals surface area contributed by atoms with Gasteiger partial charge in [-0.15, -0.1) is 0 Å². The zero-order chi connectivity index (χ0) is 17.5. The number of carbonyl (C=O) groups excluding carboxylic acids is 2. The Morgan fingerprint density at radius 3 is 2.62 bits per heavy atom. The van der Waals surface area contributed by atoms with Crippen LogP contribution in [0.3, 0.4) is 0 Å². The SMILES string of the molecule is CC(=O)N(CCC(=O)Nc1ccccc1C#N)c1cccc(Cl)c1. The minimum Gasteiger partial charge on any atom is -0.325 e. The standard InChI is InChI=1S/C18H16ClN3O2/c1-13(23)22(16-7-4-6-15(19)11-16)10-9-18(24)21-17-8-3-2-5-14(17)12-20/h2-8,11H,9-10H2,1H3,(H,21,24). The minimum absolute atomic E-state index is 0.103. The summed E-state index contributed by atoms with van der Waals surface area (Å²) in [7, 11) is 0. The topological polar surface area (TPSA) is 73.2 Å². The molecule has 0 radical (unpaired) electrons. The number of benzene rings is 2. The van der Waals surface area contributed by atoms with Gasteiger partial charge in [-0.05, 0) is 30.3 Å². The summed E-state index contributed by atoms with van der Waals surface area (Å²) < 4.78 is 0. The molecular weight excluding hydrogens is 326 g/mol. The fraction of sp³-hybridized carbons (Fsp3) is 0.167. The third-order valence-electron chi connectivity index (χ3n) is 3.38. The summed E-state index contributed by atoms with van der Waals surface area (Å²) >= 11 is 5.95. The first-order chi connectivity index (χ1) is 11.5. The van der Waals surface area contributed by atoms with Crippen molar-refractivity contribution >= 4 is 34.8 Å². The number of nitriles is 1. The summed E-state index contributed by atoms with van der Waals surface area (Å²) in [6.07, 6.45) is 0.103. The van der Waals surface area contributed by atoms with Crippen LogP contribution >= 0.6 is 11.6 Å². The molecule has 0 aromatic heterocycles. The largest absolute Gasteiger partial charge is 0.325 e. The summed E-state index contributed by atoms with van der Waals surface area (Å²) in [6.45, 7) is 1.65. The number of halogens is 1. The molecule has 5 nitrogen and oxygen atoms in total. The van der Waals surface area contributed by atoms with Crippen molar-refractivity contribution in [3.05, 3.63) is 59.1 Å². The molecule has 0 saturated carbocycles. The molecule has 0 bridgehead atoms. The summed E-state index contributed by atoms with van der Waals surface area (Å²) in [5.74, 6) is -0.450. The summed E-state index contributed by atoms with van der Waals surface area (Å²) in [4.78, 5) is 25.4. The number of amides is 2. The van der Waals surface area contributed by atoms with Crippen LogP contribution in [0.5, 0.6) is 0 Å². The molecule has 0 fully saturated rings. The van der Waals surface area contributed by atoms with E-state index in [2.05, 4.69) is 5.32 Å². The third kappa shape index (κ3) is 4.58. The predicted molar refractivity (Wildman–Crippen MR) is 93.9 cm³/mol. The van der Waals surface area contributed by atoms with E-state index in [1.165, 1.54) is 11.8 Å². The highest BCUT2D eigenvalue weighted by Gasteiger charge is 2.14. The van der Waals surface area contributed by atoms with Gasteiger partial charge in [0.05, 0.1) is 11.3 Å². The molecule has 0 heterocycles. The normalized spacial score (nSPS) is 9.88. The van der Waals surface area contributed by atoms with E-state index in [9.17, 15) is 9.59 Å². The Balaban J connectivity index is 2.03. The molecule has 0 atom stereocenters. The molecule has 2 rings (SSSR count). The van der Waals surface area contributed by atoms with E-state index in [1.54, 1.807) is 48.5 Å². The fourth-order valence-electron chi connectivity index (χ4n) is 2.23. The van der Waals surface area contributed by atoms with E-state index in [4.69, 9.17) is 16.9 Å². The molecule has 0 aliphatic carbocycles. The Bertz CT molecular complexity index is 799. The second-order valence-electron chi connectivity index (χ2n) is 5.11. The first-order valence-corrected chi connectivity index (χ1v) is 7.71. The number of para-hydroxylation sites is 1. The number of carbonyl (C=O) groups is 2. The number of rotatable bonds is 5. The summed E-state index contributed by atoms with van der Waals surface area (Å²) in [5, 5.41) is 12.2. The number of anilines is 2. The lowest BCUT2D eigenvalue weighted by molar-refractivity contribution is -0.117. The quantitative estimate of drug-likeness (QED) is 0.903. The lowest BCUT2D eigenvalue weighted by atomic mass is 10.2. The van der Waals surface area contributed by atoms with E-state index in [0.717, 1.165) is 0 Å². The van der Waals surface area contributed by atoms with Crippen LogP contribution in [0, 0.1) is 11.3 Å². The average molecular weight is 342 g/mol. The Morgan fingerprint density at radius 1 is 1.21 bits per heavy atom. The molecule has 0 aliphatic heterocycles. The van der Waals surface area contributed by atoms with Gasteiger partial charge in [-0.2, -0.15) is 5.26 Å². The molecule has 24 heavy (non-hydrogen) atoms. The molecule has 0 spiro atoms. The molecule has 2 amide bonds. The molecule has 1 N–H and O–H groups in total. The smallest absolute Gasteiger partial charge is 0.226 e. The van der Waals surface area contributed by atoms with Gasteiger partial charge in [0, 0.05) is 30.6 Å². The second kappa shape index (κ2) is 8.14. The zero-order valence-corrected chi connectivity index (χ0v) is 13.9. The molecule has 2 aromatic carbocycles. The van der Waals surface area contributed by atoms with Gasteiger partial charge in [-0.25, -0.2) is 0 Å². The Kier molecular flexibility index (Phi) is 5.94. The fourth-order valence-corrected chi connectivity index (χ4v) is 2.41. The van der Waals surface area contributed by atoms with E-state index >= 15 is 0 Å². The summed E-state index contributed by atoms with van der Waals surface area (Å²) in [6, 6.07) is 15.7. The van der Waals surface area contributed by atoms with Gasteiger partial charge in [0.1, 0.15) is 6.07 Å².